The summed E-state index contributed by atoms with van der Waals surface area (Å²) in [7, 11) is 0. The van der Waals surface area contributed by atoms with E-state index in [4.69, 9.17) is 5.73 Å². The summed E-state index contributed by atoms with van der Waals surface area (Å²) in [6.45, 7) is 10.2. The van der Waals surface area contributed by atoms with Crippen LogP contribution >= 0.6 is 0 Å². The van der Waals surface area contributed by atoms with Gasteiger partial charge in [0.2, 0.25) is 0 Å². The second kappa shape index (κ2) is 5.66. The number of aryl methyl sites for hydroxylation is 1. The Kier molecular flexibility index (Phi) is 4.34. The van der Waals surface area contributed by atoms with Crippen molar-refractivity contribution in [2.45, 2.75) is 71.4 Å². The minimum atomic E-state index is 0.116. The second-order valence-corrected chi connectivity index (χ2v) is 6.85. The molecular weight excluding hydrogens is 234 g/mol. The monoisotopic (exact) mass is 263 g/mol. The first-order valence-electron chi connectivity index (χ1n) is 7.74. The highest BCUT2D eigenvalue weighted by Gasteiger charge is 2.40. The van der Waals surface area contributed by atoms with Gasteiger partial charge in [0, 0.05) is 29.9 Å². The smallest absolute Gasteiger partial charge is 0.0492 e. The average Bonchev–Trinajstić information content (AvgIpc) is 2.78. The molecule has 2 N–H and O–H groups in total. The van der Waals surface area contributed by atoms with E-state index in [0.29, 0.717) is 12.0 Å². The van der Waals surface area contributed by atoms with Gasteiger partial charge in [-0.2, -0.15) is 5.10 Å². The Morgan fingerprint density at radius 3 is 2.79 bits per heavy atom. The van der Waals surface area contributed by atoms with Gasteiger partial charge in [0.15, 0.2) is 0 Å². The fraction of sp³-hybridized carbons (Fsp3) is 0.812. The number of hydrogen-bond acceptors (Lipinski definition) is 2. The van der Waals surface area contributed by atoms with Crippen LogP contribution in [-0.4, -0.2) is 15.8 Å². The molecule has 0 saturated heterocycles. The molecule has 1 aliphatic carbocycles. The van der Waals surface area contributed by atoms with Crippen molar-refractivity contribution in [1.29, 1.82) is 0 Å². The topological polar surface area (TPSA) is 43.8 Å². The van der Waals surface area contributed by atoms with Gasteiger partial charge in [-0.05, 0) is 37.2 Å². The van der Waals surface area contributed by atoms with Crippen molar-refractivity contribution in [1.82, 2.24) is 9.78 Å². The van der Waals surface area contributed by atoms with Crippen LogP contribution in [0.3, 0.4) is 0 Å². The number of aromatic nitrogens is 2. The first kappa shape index (κ1) is 14.6. The lowest BCUT2D eigenvalue weighted by molar-refractivity contribution is 0.163. The second-order valence-electron chi connectivity index (χ2n) is 6.85. The van der Waals surface area contributed by atoms with Crippen molar-refractivity contribution in [2.24, 2.45) is 17.6 Å². The van der Waals surface area contributed by atoms with E-state index in [1.807, 2.05) is 6.20 Å². The average molecular weight is 263 g/mol. The SMILES string of the molecule is CCCn1nccc1C(C)(C)C1CCC(C)CC1N. The quantitative estimate of drug-likeness (QED) is 0.905. The summed E-state index contributed by atoms with van der Waals surface area (Å²) in [6.07, 6.45) is 6.77. The molecule has 2 rings (SSSR count). The Labute approximate surface area is 117 Å². The van der Waals surface area contributed by atoms with Crippen LogP contribution in [0, 0.1) is 11.8 Å². The molecule has 0 aliphatic heterocycles. The summed E-state index contributed by atoms with van der Waals surface area (Å²) in [5.41, 5.74) is 7.92. The third-order valence-electron chi connectivity index (χ3n) is 4.90. The van der Waals surface area contributed by atoms with Crippen molar-refractivity contribution >= 4 is 0 Å². The molecule has 0 amide bonds. The van der Waals surface area contributed by atoms with Crippen molar-refractivity contribution in [3.05, 3.63) is 18.0 Å². The summed E-state index contributed by atoms with van der Waals surface area (Å²) in [5, 5.41) is 4.48. The van der Waals surface area contributed by atoms with E-state index in [1.54, 1.807) is 0 Å². The maximum atomic E-state index is 6.46. The molecule has 1 aromatic heterocycles. The highest BCUT2D eigenvalue weighted by Crippen LogP contribution is 2.41. The molecule has 1 aliphatic rings. The van der Waals surface area contributed by atoms with Crippen LogP contribution in [-0.2, 0) is 12.0 Å². The molecule has 19 heavy (non-hydrogen) atoms. The highest BCUT2D eigenvalue weighted by atomic mass is 15.3. The van der Waals surface area contributed by atoms with E-state index in [-0.39, 0.29) is 5.41 Å². The van der Waals surface area contributed by atoms with Crippen LogP contribution in [0.25, 0.3) is 0 Å². The molecule has 1 heterocycles. The molecule has 1 fully saturated rings. The number of rotatable bonds is 4. The Balaban J connectivity index is 2.23. The molecule has 0 spiro atoms. The Morgan fingerprint density at radius 1 is 1.42 bits per heavy atom. The first-order chi connectivity index (χ1) is 8.96. The molecule has 0 aromatic carbocycles. The van der Waals surface area contributed by atoms with Gasteiger partial charge in [-0.25, -0.2) is 0 Å². The summed E-state index contributed by atoms with van der Waals surface area (Å²) in [4.78, 5) is 0. The summed E-state index contributed by atoms with van der Waals surface area (Å²) < 4.78 is 2.17. The van der Waals surface area contributed by atoms with Gasteiger partial charge in [0.05, 0.1) is 0 Å². The number of nitrogens with two attached hydrogens (primary N) is 1. The fourth-order valence-electron chi connectivity index (χ4n) is 3.78. The maximum absolute atomic E-state index is 6.46. The molecule has 0 bridgehead atoms. The third-order valence-corrected chi connectivity index (χ3v) is 4.90. The molecule has 108 valence electrons. The molecule has 3 atom stereocenters. The number of nitrogens with zero attached hydrogens (tertiary/aromatic N) is 2. The molecular formula is C16H29N3. The summed E-state index contributed by atoms with van der Waals surface area (Å²) in [6, 6.07) is 2.50. The van der Waals surface area contributed by atoms with Crippen LogP contribution < -0.4 is 5.73 Å². The lowest BCUT2D eigenvalue weighted by Crippen LogP contribution is -2.46. The Bertz CT molecular complexity index is 408. The van der Waals surface area contributed by atoms with Crippen molar-refractivity contribution in [3.8, 4) is 0 Å². The molecule has 1 aromatic rings. The lowest BCUT2D eigenvalue weighted by Gasteiger charge is -2.43. The predicted molar refractivity (Wildman–Crippen MR) is 80.0 cm³/mol. The zero-order valence-electron chi connectivity index (χ0n) is 12.9. The van der Waals surface area contributed by atoms with Crippen molar-refractivity contribution in [3.63, 3.8) is 0 Å². The van der Waals surface area contributed by atoms with Crippen molar-refractivity contribution in [2.75, 3.05) is 0 Å². The van der Waals surface area contributed by atoms with Gasteiger partial charge >= 0.3 is 0 Å². The predicted octanol–water partition coefficient (Wildman–Crippen LogP) is 3.33. The Hall–Kier alpha value is -0.830. The highest BCUT2D eigenvalue weighted by molar-refractivity contribution is 5.17. The minimum absolute atomic E-state index is 0.116. The van der Waals surface area contributed by atoms with Crippen LogP contribution in [0.1, 0.15) is 59.1 Å². The van der Waals surface area contributed by atoms with Gasteiger partial charge in [0.1, 0.15) is 0 Å². The Morgan fingerprint density at radius 2 is 2.16 bits per heavy atom. The maximum Gasteiger partial charge on any atom is 0.0492 e. The van der Waals surface area contributed by atoms with E-state index in [1.165, 1.54) is 18.5 Å². The van der Waals surface area contributed by atoms with Gasteiger partial charge in [0.25, 0.3) is 0 Å². The van der Waals surface area contributed by atoms with Gasteiger partial charge in [-0.3, -0.25) is 4.68 Å². The zero-order valence-corrected chi connectivity index (χ0v) is 12.9. The summed E-state index contributed by atoms with van der Waals surface area (Å²) in [5.74, 6) is 1.35. The van der Waals surface area contributed by atoms with Gasteiger partial charge in [-0.15, -0.1) is 0 Å². The molecule has 3 heteroatoms. The molecule has 3 nitrogen and oxygen atoms in total. The first-order valence-corrected chi connectivity index (χ1v) is 7.74. The van der Waals surface area contributed by atoms with E-state index in [9.17, 15) is 0 Å². The van der Waals surface area contributed by atoms with Crippen LogP contribution in [0.4, 0.5) is 0 Å². The van der Waals surface area contributed by atoms with E-state index >= 15 is 0 Å². The minimum Gasteiger partial charge on any atom is -0.327 e. The molecule has 0 radical (unpaired) electrons. The van der Waals surface area contributed by atoms with Gasteiger partial charge in [-0.1, -0.05) is 34.1 Å². The van der Waals surface area contributed by atoms with E-state index in [0.717, 1.165) is 25.3 Å². The fourth-order valence-corrected chi connectivity index (χ4v) is 3.78. The van der Waals surface area contributed by atoms with E-state index in [2.05, 4.69) is 43.5 Å². The van der Waals surface area contributed by atoms with Crippen LogP contribution in [0.2, 0.25) is 0 Å². The largest absolute Gasteiger partial charge is 0.327 e. The molecule has 3 unspecified atom stereocenters. The van der Waals surface area contributed by atoms with Gasteiger partial charge < -0.3 is 5.73 Å². The summed E-state index contributed by atoms with van der Waals surface area (Å²) >= 11 is 0. The van der Waals surface area contributed by atoms with Crippen LogP contribution in [0.15, 0.2) is 12.3 Å². The number of hydrogen-bond donors (Lipinski definition) is 1. The normalized spacial score (nSPS) is 28.6. The lowest BCUT2D eigenvalue weighted by atomic mass is 9.65. The standard InChI is InChI=1S/C16H29N3/c1-5-10-19-15(8-9-18-19)16(3,4)13-7-6-12(2)11-14(13)17/h8-9,12-14H,5-7,10-11,17H2,1-4H3. The van der Waals surface area contributed by atoms with Crippen LogP contribution in [0.5, 0.6) is 0 Å². The van der Waals surface area contributed by atoms with Crippen molar-refractivity contribution < 1.29 is 0 Å². The van der Waals surface area contributed by atoms with E-state index < -0.39 is 0 Å². The zero-order chi connectivity index (χ0) is 14.0. The third kappa shape index (κ3) is 2.86. The molecule has 1 saturated carbocycles.